The van der Waals surface area contributed by atoms with Crippen LogP contribution in [0.3, 0.4) is 0 Å². The summed E-state index contributed by atoms with van der Waals surface area (Å²) < 4.78 is 108. The first kappa shape index (κ1) is 39.5. The predicted octanol–water partition coefficient (Wildman–Crippen LogP) is 4.31. The third-order valence-electron chi connectivity index (χ3n) is 6.15. The van der Waals surface area contributed by atoms with Gasteiger partial charge in [0.25, 0.3) is 0 Å². The number of ether oxygens (including phenoxy) is 6. The van der Waals surface area contributed by atoms with Crippen LogP contribution in [0.4, 0.5) is 40.7 Å². The number of rotatable bonds is 16. The summed E-state index contributed by atoms with van der Waals surface area (Å²) in [4.78, 5) is 46.3. The molecule has 1 aliphatic rings. The van der Waals surface area contributed by atoms with Crippen LogP contribution in [-0.2, 0) is 33.2 Å². The lowest BCUT2D eigenvalue weighted by Crippen LogP contribution is -2.51. The molecule has 0 aliphatic heterocycles. The van der Waals surface area contributed by atoms with Gasteiger partial charge in [-0.2, -0.15) is 26.3 Å². The maximum atomic E-state index is 14.0. The third-order valence-corrected chi connectivity index (χ3v) is 6.15. The zero-order valence-electron chi connectivity index (χ0n) is 25.5. The number of amides is 3. The van der Waals surface area contributed by atoms with E-state index < -0.39 is 67.8 Å². The van der Waals surface area contributed by atoms with Gasteiger partial charge in [0.05, 0.1) is 20.3 Å². The second kappa shape index (κ2) is 16.2. The number of hydrogen-bond donors (Lipinski definition) is 3. The molecule has 3 N–H and O–H groups in total. The fourth-order valence-electron chi connectivity index (χ4n) is 4.72. The van der Waals surface area contributed by atoms with E-state index >= 15 is 0 Å². The second-order valence-corrected chi connectivity index (χ2v) is 11.4. The number of nitrogens with one attached hydrogen (secondary N) is 3. The van der Waals surface area contributed by atoms with Crippen molar-refractivity contribution in [2.24, 2.45) is 10.8 Å². The van der Waals surface area contributed by atoms with Gasteiger partial charge in [0, 0.05) is 18.2 Å². The summed E-state index contributed by atoms with van der Waals surface area (Å²) in [6.45, 7) is 5.16. The molecule has 0 radical (unpaired) electrons. The molecule has 260 valence electrons. The van der Waals surface area contributed by atoms with Gasteiger partial charge in [0.1, 0.15) is 13.2 Å². The molecule has 0 aromatic carbocycles. The van der Waals surface area contributed by atoms with Crippen LogP contribution in [-0.4, -0.2) is 95.2 Å². The molecule has 0 spiro atoms. The molecule has 2 atom stereocenters. The van der Waals surface area contributed by atoms with E-state index in [1.807, 2.05) is 13.8 Å². The minimum atomic E-state index is -5.91. The number of alkyl halides is 6. The smallest absolute Gasteiger partial charge is 0.452 e. The van der Waals surface area contributed by atoms with Crippen molar-refractivity contribution in [3.05, 3.63) is 12.2 Å². The first-order chi connectivity index (χ1) is 20.5. The molecule has 2 unspecified atom stereocenters. The summed E-state index contributed by atoms with van der Waals surface area (Å²) in [5, 5.41) is 6.96. The molecule has 1 saturated carbocycles. The first-order valence-electron chi connectivity index (χ1n) is 13.5. The molecular formula is C26H39F6N3O10. The van der Waals surface area contributed by atoms with E-state index in [1.54, 1.807) is 6.92 Å². The molecule has 1 fully saturated rings. The van der Waals surface area contributed by atoms with Gasteiger partial charge in [-0.25, -0.2) is 23.9 Å². The second-order valence-electron chi connectivity index (χ2n) is 11.4. The summed E-state index contributed by atoms with van der Waals surface area (Å²) in [6, 6.07) is -0.332. The van der Waals surface area contributed by atoms with Crippen LogP contribution >= 0.6 is 0 Å². The Bertz CT molecular complexity index is 1060. The van der Waals surface area contributed by atoms with Crippen LogP contribution in [0.15, 0.2) is 12.2 Å². The van der Waals surface area contributed by atoms with Crippen molar-refractivity contribution in [1.82, 2.24) is 16.0 Å². The Labute approximate surface area is 255 Å². The van der Waals surface area contributed by atoms with E-state index in [2.05, 4.69) is 51.0 Å². The van der Waals surface area contributed by atoms with Gasteiger partial charge in [0.15, 0.2) is 6.61 Å². The first-order valence-corrected chi connectivity index (χ1v) is 13.5. The Balaban J connectivity index is 2.50. The summed E-state index contributed by atoms with van der Waals surface area (Å²) in [7, 11) is 1.19. The molecule has 0 saturated heterocycles. The average molecular weight is 668 g/mol. The van der Waals surface area contributed by atoms with E-state index in [9.17, 15) is 45.5 Å². The zero-order chi connectivity index (χ0) is 34.7. The topological polar surface area (TPSA) is 160 Å². The SMILES string of the molecule is C=C(C)C(=O)OCCNC(=O)OCCOC(F)(F)C(F)(F)OC(F)(F)COC(=O)NCC1(C)CC(NC(=O)OC)CC(C)(C)C1. The standard InChI is InChI=1S/C26H39F6N3O10/c1-16(2)18(36)41-8-7-33-19(37)42-9-10-44-25(29,30)26(31,32)45-24(27,28)15-43-20(38)34-14-23(5)12-17(35-21(39)40-6)11-22(3,4)13-23/h17H,1,7-15H2,2-6H3,(H,33,37)(H,34,38)(H,35,39). The van der Waals surface area contributed by atoms with Crippen molar-refractivity contribution < 1.29 is 73.9 Å². The van der Waals surface area contributed by atoms with Gasteiger partial charge >= 0.3 is 42.6 Å². The molecule has 0 aromatic heterocycles. The number of esters is 1. The molecule has 13 nitrogen and oxygen atoms in total. The Kier molecular flexibility index (Phi) is 14.2. The monoisotopic (exact) mass is 667 g/mol. The zero-order valence-corrected chi connectivity index (χ0v) is 25.5. The van der Waals surface area contributed by atoms with Crippen molar-refractivity contribution in [3.8, 4) is 0 Å². The number of carbonyl (C=O) groups is 4. The highest BCUT2D eigenvalue weighted by molar-refractivity contribution is 5.86. The van der Waals surface area contributed by atoms with E-state index in [4.69, 9.17) is 0 Å². The molecule has 0 bridgehead atoms. The summed E-state index contributed by atoms with van der Waals surface area (Å²) in [5.74, 6) is -0.733. The van der Waals surface area contributed by atoms with Crippen LogP contribution < -0.4 is 16.0 Å². The lowest BCUT2D eigenvalue weighted by atomic mass is 9.62. The van der Waals surface area contributed by atoms with Crippen molar-refractivity contribution in [3.63, 3.8) is 0 Å². The van der Waals surface area contributed by atoms with Crippen molar-refractivity contribution >= 4 is 24.2 Å². The lowest BCUT2D eigenvalue weighted by Gasteiger charge is -2.46. The van der Waals surface area contributed by atoms with Gasteiger partial charge in [-0.1, -0.05) is 27.4 Å². The lowest BCUT2D eigenvalue weighted by molar-refractivity contribution is -0.483. The minimum absolute atomic E-state index is 0.0997. The summed E-state index contributed by atoms with van der Waals surface area (Å²) in [5.41, 5.74) is -0.852. The van der Waals surface area contributed by atoms with Gasteiger partial charge in [-0.05, 0) is 37.0 Å². The molecular weight excluding hydrogens is 628 g/mol. The van der Waals surface area contributed by atoms with Crippen molar-refractivity contribution in [2.45, 2.75) is 71.3 Å². The number of carbonyl (C=O) groups excluding carboxylic acids is 4. The normalized spacial score (nSPS) is 19.9. The van der Waals surface area contributed by atoms with E-state index in [1.165, 1.54) is 14.0 Å². The van der Waals surface area contributed by atoms with Crippen LogP contribution in [0.5, 0.6) is 0 Å². The fourth-order valence-corrected chi connectivity index (χ4v) is 4.72. The van der Waals surface area contributed by atoms with Crippen molar-refractivity contribution in [2.75, 3.05) is 46.6 Å². The van der Waals surface area contributed by atoms with Crippen LogP contribution in [0, 0.1) is 10.8 Å². The highest BCUT2D eigenvalue weighted by atomic mass is 19.3. The number of hydrogen-bond acceptors (Lipinski definition) is 10. The van der Waals surface area contributed by atoms with Crippen LogP contribution in [0.1, 0.15) is 47.0 Å². The van der Waals surface area contributed by atoms with Gasteiger partial charge in [-0.15, -0.1) is 0 Å². The Hall–Kier alpha value is -3.48. The van der Waals surface area contributed by atoms with Gasteiger partial charge in [-0.3, -0.25) is 0 Å². The fraction of sp³-hybridized carbons (Fsp3) is 0.769. The summed E-state index contributed by atoms with van der Waals surface area (Å²) in [6.07, 6.45) is -18.4. The molecule has 0 heterocycles. The molecule has 1 rings (SSSR count). The molecule has 19 heteroatoms. The highest BCUT2D eigenvalue weighted by Crippen LogP contribution is 2.46. The maximum Gasteiger partial charge on any atom is 0.452 e. The molecule has 45 heavy (non-hydrogen) atoms. The number of halogens is 6. The summed E-state index contributed by atoms with van der Waals surface area (Å²) >= 11 is 0. The third kappa shape index (κ3) is 14.4. The van der Waals surface area contributed by atoms with E-state index in [-0.39, 0.29) is 36.7 Å². The molecule has 3 amide bonds. The Morgan fingerprint density at radius 1 is 0.844 bits per heavy atom. The number of alkyl carbamates (subject to hydrolysis) is 3. The highest BCUT2D eigenvalue weighted by Gasteiger charge is 2.64. The molecule has 0 aromatic rings. The van der Waals surface area contributed by atoms with Crippen LogP contribution in [0.2, 0.25) is 0 Å². The maximum absolute atomic E-state index is 14.0. The van der Waals surface area contributed by atoms with Gasteiger partial charge < -0.3 is 39.6 Å². The van der Waals surface area contributed by atoms with Crippen LogP contribution in [0.25, 0.3) is 0 Å². The Morgan fingerprint density at radius 2 is 1.47 bits per heavy atom. The quantitative estimate of drug-likeness (QED) is 0.0712. The van der Waals surface area contributed by atoms with E-state index in [0.29, 0.717) is 19.3 Å². The predicted molar refractivity (Wildman–Crippen MR) is 141 cm³/mol. The molecule has 1 aliphatic carbocycles. The van der Waals surface area contributed by atoms with Gasteiger partial charge in [0.2, 0.25) is 0 Å². The van der Waals surface area contributed by atoms with E-state index in [0.717, 1.165) is 0 Å². The van der Waals surface area contributed by atoms with Crippen molar-refractivity contribution in [1.29, 1.82) is 0 Å². The largest absolute Gasteiger partial charge is 0.460 e. The minimum Gasteiger partial charge on any atom is -0.460 e. The average Bonchev–Trinajstić information content (AvgIpc) is 2.89. The Morgan fingerprint density at radius 3 is 2.07 bits per heavy atom. The number of methoxy groups -OCH3 is 1.